The SMILES string of the molecule is Cc1cc(C)c(CNc2ccccc2CN2CCC(O)CC2)cc1C. The van der Waals surface area contributed by atoms with Gasteiger partial charge < -0.3 is 10.4 Å². The van der Waals surface area contributed by atoms with Gasteiger partial charge in [-0.2, -0.15) is 0 Å². The summed E-state index contributed by atoms with van der Waals surface area (Å²) in [5.74, 6) is 0. The molecule has 0 aliphatic carbocycles. The van der Waals surface area contributed by atoms with Crippen LogP contribution in [0.4, 0.5) is 5.69 Å². The van der Waals surface area contributed by atoms with E-state index in [1.807, 2.05) is 0 Å². The number of aliphatic hydroxyl groups is 1. The largest absolute Gasteiger partial charge is 0.393 e. The number of piperidine rings is 1. The fraction of sp³-hybridized carbons (Fsp3) is 0.455. The number of hydrogen-bond donors (Lipinski definition) is 2. The van der Waals surface area contributed by atoms with Gasteiger partial charge in [0.1, 0.15) is 0 Å². The second kappa shape index (κ2) is 8.03. The van der Waals surface area contributed by atoms with Gasteiger partial charge in [-0.25, -0.2) is 0 Å². The van der Waals surface area contributed by atoms with Crippen molar-refractivity contribution in [3.63, 3.8) is 0 Å². The van der Waals surface area contributed by atoms with E-state index in [0.29, 0.717) is 0 Å². The first-order chi connectivity index (χ1) is 12.0. The number of likely N-dealkylation sites (tertiary alicyclic amines) is 1. The quantitative estimate of drug-likeness (QED) is 0.858. The van der Waals surface area contributed by atoms with Gasteiger partial charge in [0, 0.05) is 31.9 Å². The van der Waals surface area contributed by atoms with E-state index in [-0.39, 0.29) is 6.10 Å². The van der Waals surface area contributed by atoms with Crippen molar-refractivity contribution in [3.8, 4) is 0 Å². The van der Waals surface area contributed by atoms with Crippen molar-refractivity contribution in [3.05, 3.63) is 64.2 Å². The molecule has 0 radical (unpaired) electrons. The number of hydrogen-bond acceptors (Lipinski definition) is 3. The maximum Gasteiger partial charge on any atom is 0.0564 e. The first-order valence-electron chi connectivity index (χ1n) is 9.32. The van der Waals surface area contributed by atoms with Crippen molar-refractivity contribution in [2.45, 2.75) is 52.8 Å². The normalized spacial score (nSPS) is 16.2. The van der Waals surface area contributed by atoms with E-state index in [4.69, 9.17) is 0 Å². The Morgan fingerprint density at radius 2 is 1.64 bits per heavy atom. The predicted octanol–water partition coefficient (Wildman–Crippen LogP) is 4.18. The minimum atomic E-state index is -0.114. The number of benzene rings is 2. The maximum atomic E-state index is 9.69. The second-order valence-corrected chi connectivity index (χ2v) is 7.38. The van der Waals surface area contributed by atoms with E-state index in [0.717, 1.165) is 39.0 Å². The van der Waals surface area contributed by atoms with Crippen molar-refractivity contribution >= 4 is 5.69 Å². The highest BCUT2D eigenvalue weighted by Crippen LogP contribution is 2.22. The lowest BCUT2D eigenvalue weighted by Crippen LogP contribution is -2.35. The summed E-state index contributed by atoms with van der Waals surface area (Å²) in [7, 11) is 0. The van der Waals surface area contributed by atoms with Crippen LogP contribution in [0.2, 0.25) is 0 Å². The average molecular weight is 338 g/mol. The van der Waals surface area contributed by atoms with Gasteiger partial charge in [0.25, 0.3) is 0 Å². The zero-order valence-corrected chi connectivity index (χ0v) is 15.7. The average Bonchev–Trinajstić information content (AvgIpc) is 2.60. The zero-order chi connectivity index (χ0) is 17.8. The highest BCUT2D eigenvalue weighted by atomic mass is 16.3. The third kappa shape index (κ3) is 4.62. The van der Waals surface area contributed by atoms with Crippen LogP contribution < -0.4 is 5.32 Å². The lowest BCUT2D eigenvalue weighted by Gasteiger charge is -2.30. The molecule has 0 amide bonds. The van der Waals surface area contributed by atoms with Gasteiger partial charge in [-0.3, -0.25) is 4.90 Å². The predicted molar refractivity (Wildman–Crippen MR) is 105 cm³/mol. The summed E-state index contributed by atoms with van der Waals surface area (Å²) in [6.07, 6.45) is 1.66. The Bertz CT molecular complexity index is 718. The highest BCUT2D eigenvalue weighted by Gasteiger charge is 2.17. The van der Waals surface area contributed by atoms with Crippen LogP contribution >= 0.6 is 0 Å². The summed E-state index contributed by atoms with van der Waals surface area (Å²) < 4.78 is 0. The summed E-state index contributed by atoms with van der Waals surface area (Å²) in [5, 5.41) is 13.3. The molecule has 1 heterocycles. The minimum absolute atomic E-state index is 0.114. The molecule has 2 N–H and O–H groups in total. The van der Waals surface area contributed by atoms with E-state index in [2.05, 4.69) is 67.4 Å². The van der Waals surface area contributed by atoms with Crippen LogP contribution in [0.1, 0.15) is 40.7 Å². The van der Waals surface area contributed by atoms with Crippen LogP contribution in [0.25, 0.3) is 0 Å². The molecule has 0 atom stereocenters. The number of para-hydroxylation sites is 1. The number of aryl methyl sites for hydroxylation is 3. The van der Waals surface area contributed by atoms with Crippen LogP contribution in [-0.4, -0.2) is 29.2 Å². The summed E-state index contributed by atoms with van der Waals surface area (Å²) in [4.78, 5) is 2.44. The third-order valence-corrected chi connectivity index (χ3v) is 5.39. The molecule has 1 aliphatic heterocycles. The van der Waals surface area contributed by atoms with E-state index in [1.165, 1.54) is 33.5 Å². The van der Waals surface area contributed by atoms with Crippen LogP contribution in [0.3, 0.4) is 0 Å². The van der Waals surface area contributed by atoms with Crippen LogP contribution in [0.15, 0.2) is 36.4 Å². The second-order valence-electron chi connectivity index (χ2n) is 7.38. The molecule has 2 aromatic carbocycles. The monoisotopic (exact) mass is 338 g/mol. The van der Waals surface area contributed by atoms with Gasteiger partial charge in [0.05, 0.1) is 6.10 Å². The number of rotatable bonds is 5. The molecule has 2 aromatic rings. The van der Waals surface area contributed by atoms with Crippen molar-refractivity contribution in [1.29, 1.82) is 0 Å². The number of anilines is 1. The van der Waals surface area contributed by atoms with Gasteiger partial charge >= 0.3 is 0 Å². The summed E-state index contributed by atoms with van der Waals surface area (Å²) in [6.45, 7) is 10.3. The zero-order valence-electron chi connectivity index (χ0n) is 15.7. The standard InChI is InChI=1S/C22H30N2O/c1-16-12-18(3)20(13-17(16)2)14-23-22-7-5-4-6-19(22)15-24-10-8-21(25)9-11-24/h4-7,12-13,21,23,25H,8-11,14-15H2,1-3H3. The molecule has 1 fully saturated rings. The highest BCUT2D eigenvalue weighted by molar-refractivity contribution is 5.52. The molecule has 25 heavy (non-hydrogen) atoms. The van der Waals surface area contributed by atoms with Crippen LogP contribution in [0.5, 0.6) is 0 Å². The topological polar surface area (TPSA) is 35.5 Å². The van der Waals surface area contributed by atoms with Crippen molar-refractivity contribution in [1.82, 2.24) is 4.90 Å². The van der Waals surface area contributed by atoms with Crippen molar-refractivity contribution < 1.29 is 5.11 Å². The van der Waals surface area contributed by atoms with Crippen LogP contribution in [-0.2, 0) is 13.1 Å². The third-order valence-electron chi connectivity index (χ3n) is 5.39. The van der Waals surface area contributed by atoms with Gasteiger partial charge in [-0.1, -0.05) is 30.3 Å². The van der Waals surface area contributed by atoms with E-state index < -0.39 is 0 Å². The van der Waals surface area contributed by atoms with E-state index in [9.17, 15) is 5.11 Å². The van der Waals surface area contributed by atoms with E-state index >= 15 is 0 Å². The van der Waals surface area contributed by atoms with Crippen molar-refractivity contribution in [2.24, 2.45) is 0 Å². The first-order valence-corrected chi connectivity index (χ1v) is 9.32. The van der Waals surface area contributed by atoms with E-state index in [1.54, 1.807) is 0 Å². The molecule has 0 bridgehead atoms. The summed E-state index contributed by atoms with van der Waals surface area (Å²) >= 11 is 0. The molecule has 1 aliphatic rings. The van der Waals surface area contributed by atoms with Crippen molar-refractivity contribution in [2.75, 3.05) is 18.4 Å². The number of nitrogens with one attached hydrogen (secondary N) is 1. The molecule has 0 saturated carbocycles. The van der Waals surface area contributed by atoms with Gasteiger partial charge in [-0.15, -0.1) is 0 Å². The molecule has 134 valence electrons. The van der Waals surface area contributed by atoms with Gasteiger partial charge in [-0.05, 0) is 67.5 Å². The Morgan fingerprint density at radius 1 is 0.960 bits per heavy atom. The lowest BCUT2D eigenvalue weighted by molar-refractivity contribution is 0.0793. The molecule has 3 heteroatoms. The fourth-order valence-electron chi connectivity index (χ4n) is 3.55. The Morgan fingerprint density at radius 3 is 2.40 bits per heavy atom. The minimum Gasteiger partial charge on any atom is -0.393 e. The molecule has 3 nitrogen and oxygen atoms in total. The molecule has 0 unspecified atom stereocenters. The number of aliphatic hydroxyl groups excluding tert-OH is 1. The summed E-state index contributed by atoms with van der Waals surface area (Å²) in [5.41, 5.74) is 7.96. The molecule has 1 saturated heterocycles. The molecule has 0 spiro atoms. The fourth-order valence-corrected chi connectivity index (χ4v) is 3.55. The molecule has 3 rings (SSSR count). The maximum absolute atomic E-state index is 9.69. The Balaban J connectivity index is 1.68. The smallest absolute Gasteiger partial charge is 0.0564 e. The Kier molecular flexibility index (Phi) is 5.77. The Hall–Kier alpha value is -1.84. The van der Waals surface area contributed by atoms with Gasteiger partial charge in [0.15, 0.2) is 0 Å². The van der Waals surface area contributed by atoms with Crippen LogP contribution in [0, 0.1) is 20.8 Å². The molecular formula is C22H30N2O. The molecule has 0 aromatic heterocycles. The lowest BCUT2D eigenvalue weighted by atomic mass is 10.0. The number of nitrogens with zero attached hydrogens (tertiary/aromatic N) is 1. The first kappa shape index (κ1) is 18.0. The summed E-state index contributed by atoms with van der Waals surface area (Å²) in [6, 6.07) is 13.2. The Labute approximate surface area is 151 Å². The molecular weight excluding hydrogens is 308 g/mol. The van der Waals surface area contributed by atoms with Gasteiger partial charge in [0.2, 0.25) is 0 Å².